The van der Waals surface area contributed by atoms with Crippen molar-refractivity contribution >= 4 is 0 Å². The molecule has 1 aliphatic rings. The molecule has 0 amide bonds. The third-order valence-corrected chi connectivity index (χ3v) is 3.41. The molecule has 2 atom stereocenters. The second-order valence-electron chi connectivity index (χ2n) is 4.96. The van der Waals surface area contributed by atoms with Gasteiger partial charge >= 0.3 is 0 Å². The van der Waals surface area contributed by atoms with Gasteiger partial charge in [0, 0.05) is 5.92 Å². The van der Waals surface area contributed by atoms with Crippen molar-refractivity contribution in [1.82, 2.24) is 0 Å². The number of hydrogen-bond acceptors (Lipinski definition) is 1. The summed E-state index contributed by atoms with van der Waals surface area (Å²) in [5, 5.41) is 10.7. The average Bonchev–Trinajstić information content (AvgIpc) is 2.23. The molecule has 0 spiro atoms. The van der Waals surface area contributed by atoms with Crippen molar-refractivity contribution in [2.45, 2.75) is 64.9 Å². The van der Waals surface area contributed by atoms with Crippen LogP contribution in [0.4, 0.5) is 0 Å². The minimum atomic E-state index is -0.579. The van der Waals surface area contributed by atoms with E-state index in [2.05, 4.69) is 39.0 Å². The molecule has 1 rings (SSSR count). The van der Waals surface area contributed by atoms with Crippen LogP contribution in [0, 0.1) is 5.92 Å². The Morgan fingerprint density at radius 3 is 2.50 bits per heavy atom. The average molecular weight is 222 g/mol. The highest BCUT2D eigenvalue weighted by Gasteiger charge is 2.33. The smallest absolute Gasteiger partial charge is 0.0895 e. The van der Waals surface area contributed by atoms with Crippen molar-refractivity contribution in [2.75, 3.05) is 0 Å². The number of aliphatic hydroxyl groups is 1. The Labute approximate surface area is 100 Å². The molecule has 0 aromatic rings. The summed E-state index contributed by atoms with van der Waals surface area (Å²) in [6, 6.07) is 0. The molecular weight excluding hydrogens is 196 g/mol. The van der Waals surface area contributed by atoms with E-state index in [4.69, 9.17) is 0 Å². The van der Waals surface area contributed by atoms with Crippen LogP contribution in [0.2, 0.25) is 0 Å². The molecule has 2 unspecified atom stereocenters. The maximum Gasteiger partial charge on any atom is 0.0895 e. The summed E-state index contributed by atoms with van der Waals surface area (Å²) < 4.78 is 0. The fraction of sp³-hybridized carbons (Fsp3) is 0.733. The zero-order chi connectivity index (χ0) is 12.0. The molecule has 0 aromatic carbocycles. The second kappa shape index (κ2) is 6.24. The second-order valence-corrected chi connectivity index (χ2v) is 4.96. The van der Waals surface area contributed by atoms with Gasteiger partial charge in [-0.15, -0.1) is 0 Å². The Kier molecular flexibility index (Phi) is 5.27. The van der Waals surface area contributed by atoms with Gasteiger partial charge < -0.3 is 5.11 Å². The van der Waals surface area contributed by atoms with Crippen LogP contribution in [-0.2, 0) is 0 Å². The van der Waals surface area contributed by atoms with Crippen molar-refractivity contribution in [2.24, 2.45) is 5.92 Å². The Morgan fingerprint density at radius 1 is 1.19 bits per heavy atom. The summed E-state index contributed by atoms with van der Waals surface area (Å²) in [4.78, 5) is 0. The maximum atomic E-state index is 10.7. The fourth-order valence-corrected chi connectivity index (χ4v) is 2.64. The van der Waals surface area contributed by atoms with E-state index < -0.39 is 5.60 Å². The zero-order valence-corrected chi connectivity index (χ0v) is 11.0. The Morgan fingerprint density at radius 2 is 1.94 bits per heavy atom. The van der Waals surface area contributed by atoms with Crippen molar-refractivity contribution in [3.8, 4) is 0 Å². The molecular formula is C15H26O. The lowest BCUT2D eigenvalue weighted by Crippen LogP contribution is -2.36. The van der Waals surface area contributed by atoms with Crippen LogP contribution in [0.5, 0.6) is 0 Å². The molecule has 0 heterocycles. The van der Waals surface area contributed by atoms with Gasteiger partial charge in [0.1, 0.15) is 0 Å². The molecule has 0 aliphatic heterocycles. The van der Waals surface area contributed by atoms with E-state index in [-0.39, 0.29) is 0 Å². The molecule has 0 bridgehead atoms. The predicted octanol–water partition coefficient (Wildman–Crippen LogP) is 4.23. The van der Waals surface area contributed by atoms with Gasteiger partial charge in [-0.25, -0.2) is 0 Å². The molecule has 1 heteroatoms. The van der Waals surface area contributed by atoms with Gasteiger partial charge in [0.05, 0.1) is 5.60 Å². The summed E-state index contributed by atoms with van der Waals surface area (Å²) in [7, 11) is 0. The first-order valence-electron chi connectivity index (χ1n) is 6.78. The van der Waals surface area contributed by atoms with Crippen LogP contribution in [0.1, 0.15) is 59.3 Å². The first kappa shape index (κ1) is 13.5. The zero-order valence-electron chi connectivity index (χ0n) is 11.0. The van der Waals surface area contributed by atoms with Crippen molar-refractivity contribution in [3.63, 3.8) is 0 Å². The molecule has 0 fully saturated rings. The van der Waals surface area contributed by atoms with Crippen LogP contribution in [0.25, 0.3) is 0 Å². The lowest BCUT2D eigenvalue weighted by molar-refractivity contribution is 0.0323. The number of hydrogen-bond donors (Lipinski definition) is 1. The molecule has 0 saturated heterocycles. The van der Waals surface area contributed by atoms with E-state index in [1.165, 1.54) is 5.57 Å². The van der Waals surface area contributed by atoms with E-state index in [1.807, 2.05) is 0 Å². The van der Waals surface area contributed by atoms with Gasteiger partial charge in [0.15, 0.2) is 0 Å². The normalized spacial score (nSPS) is 29.2. The van der Waals surface area contributed by atoms with Crippen molar-refractivity contribution in [1.29, 1.82) is 0 Å². The highest BCUT2D eigenvalue weighted by atomic mass is 16.3. The van der Waals surface area contributed by atoms with Gasteiger partial charge in [-0.05, 0) is 30.9 Å². The molecule has 1 aliphatic carbocycles. The summed E-state index contributed by atoms with van der Waals surface area (Å²) >= 11 is 0. The maximum absolute atomic E-state index is 10.7. The first-order chi connectivity index (χ1) is 7.66. The summed E-state index contributed by atoms with van der Waals surface area (Å²) in [5.74, 6) is 0.318. The van der Waals surface area contributed by atoms with E-state index in [0.29, 0.717) is 5.92 Å². The van der Waals surface area contributed by atoms with Crippen LogP contribution in [0.3, 0.4) is 0 Å². The lowest BCUT2D eigenvalue weighted by atomic mass is 9.76. The van der Waals surface area contributed by atoms with Gasteiger partial charge in [0.25, 0.3) is 0 Å². The molecule has 1 nitrogen and oxygen atoms in total. The highest BCUT2D eigenvalue weighted by molar-refractivity contribution is 5.30. The summed E-state index contributed by atoms with van der Waals surface area (Å²) in [6.45, 7) is 6.52. The molecule has 92 valence electrons. The van der Waals surface area contributed by atoms with Crippen molar-refractivity contribution in [3.05, 3.63) is 23.8 Å². The number of allylic oxidation sites excluding steroid dienone is 2. The fourth-order valence-electron chi connectivity index (χ4n) is 2.64. The topological polar surface area (TPSA) is 20.2 Å². The largest absolute Gasteiger partial charge is 0.385 e. The van der Waals surface area contributed by atoms with E-state index in [1.54, 1.807) is 0 Å². The van der Waals surface area contributed by atoms with Crippen molar-refractivity contribution < 1.29 is 5.11 Å². The van der Waals surface area contributed by atoms with Crippen LogP contribution in [-0.4, -0.2) is 10.7 Å². The lowest BCUT2D eigenvalue weighted by Gasteiger charge is -2.35. The molecule has 1 N–H and O–H groups in total. The quantitative estimate of drug-likeness (QED) is 0.713. The van der Waals surface area contributed by atoms with Gasteiger partial charge in [0.2, 0.25) is 0 Å². The van der Waals surface area contributed by atoms with Gasteiger partial charge in [-0.2, -0.15) is 0 Å². The standard InChI is InChI=1S/C15H26O/c1-4-7-13-9-10-14(8-5-2)15(16,12-13)11-6-3/h9-10,12,14,16H,4-8,11H2,1-3H3. The molecule has 0 radical (unpaired) electrons. The Bertz CT molecular complexity index is 265. The SMILES string of the molecule is CCCC1=CC(O)(CCC)C(CCC)C=C1. The van der Waals surface area contributed by atoms with Gasteiger partial charge in [-0.3, -0.25) is 0 Å². The molecule has 0 aromatic heterocycles. The van der Waals surface area contributed by atoms with Crippen LogP contribution < -0.4 is 0 Å². The summed E-state index contributed by atoms with van der Waals surface area (Å²) in [6.07, 6.45) is 13.0. The molecule has 16 heavy (non-hydrogen) atoms. The minimum Gasteiger partial charge on any atom is -0.385 e. The van der Waals surface area contributed by atoms with Gasteiger partial charge in [-0.1, -0.05) is 52.2 Å². The third-order valence-electron chi connectivity index (χ3n) is 3.41. The first-order valence-corrected chi connectivity index (χ1v) is 6.78. The van der Waals surface area contributed by atoms with E-state index in [9.17, 15) is 5.11 Å². The van der Waals surface area contributed by atoms with Crippen LogP contribution >= 0.6 is 0 Å². The minimum absolute atomic E-state index is 0.318. The van der Waals surface area contributed by atoms with Crippen LogP contribution in [0.15, 0.2) is 23.8 Å². The Balaban J connectivity index is 2.81. The summed E-state index contributed by atoms with van der Waals surface area (Å²) in [5.41, 5.74) is 0.732. The molecule has 0 saturated carbocycles. The highest BCUT2D eigenvalue weighted by Crippen LogP contribution is 2.35. The number of rotatable bonds is 6. The third kappa shape index (κ3) is 3.21. The predicted molar refractivity (Wildman–Crippen MR) is 70.4 cm³/mol. The van der Waals surface area contributed by atoms with E-state index in [0.717, 1.165) is 38.5 Å². The Hall–Kier alpha value is -0.560. The monoisotopic (exact) mass is 222 g/mol. The van der Waals surface area contributed by atoms with E-state index >= 15 is 0 Å².